The lowest BCUT2D eigenvalue weighted by atomic mass is 10.2. The number of ether oxygens (including phenoxy) is 2. The molecule has 29 heavy (non-hydrogen) atoms. The first-order valence-corrected chi connectivity index (χ1v) is 10.5. The van der Waals surface area contributed by atoms with Crippen molar-refractivity contribution in [1.82, 2.24) is 14.8 Å². The molecular weight excluding hydrogens is 386 g/mol. The van der Waals surface area contributed by atoms with Crippen LogP contribution in [-0.2, 0) is 16.1 Å². The van der Waals surface area contributed by atoms with E-state index >= 15 is 0 Å². The van der Waals surface area contributed by atoms with E-state index in [1.165, 1.54) is 11.8 Å². The van der Waals surface area contributed by atoms with E-state index in [0.29, 0.717) is 24.0 Å². The fourth-order valence-corrected chi connectivity index (χ4v) is 3.74. The highest BCUT2D eigenvalue weighted by Gasteiger charge is 2.24. The van der Waals surface area contributed by atoms with Gasteiger partial charge in [-0.3, -0.25) is 9.36 Å². The number of aryl methyl sites for hydroxylation is 1. The molecule has 152 valence electrons. The van der Waals surface area contributed by atoms with Gasteiger partial charge in [0.05, 0.1) is 6.61 Å². The second-order valence-corrected chi connectivity index (χ2v) is 7.61. The third kappa shape index (κ3) is 5.38. The van der Waals surface area contributed by atoms with Crippen LogP contribution in [-0.4, -0.2) is 32.6 Å². The molecule has 0 aliphatic heterocycles. The number of carbonyl (C=O) groups excluding carboxylic acids is 1. The molecule has 1 atom stereocenters. The summed E-state index contributed by atoms with van der Waals surface area (Å²) < 4.78 is 13.0. The lowest BCUT2D eigenvalue weighted by Gasteiger charge is -2.15. The molecule has 0 amide bonds. The largest absolute Gasteiger partial charge is 0.486 e. The summed E-state index contributed by atoms with van der Waals surface area (Å²) in [6.07, 6.45) is 0.639. The average molecular weight is 412 g/mol. The van der Waals surface area contributed by atoms with Crippen molar-refractivity contribution in [2.75, 3.05) is 6.61 Å². The Morgan fingerprint density at radius 2 is 1.79 bits per heavy atom. The van der Waals surface area contributed by atoms with Gasteiger partial charge in [0.25, 0.3) is 0 Å². The van der Waals surface area contributed by atoms with Crippen molar-refractivity contribution in [2.24, 2.45) is 0 Å². The minimum Gasteiger partial charge on any atom is -0.486 e. The topological polar surface area (TPSA) is 66.2 Å². The van der Waals surface area contributed by atoms with Gasteiger partial charge in [-0.25, -0.2) is 0 Å². The summed E-state index contributed by atoms with van der Waals surface area (Å²) >= 11 is 1.36. The van der Waals surface area contributed by atoms with Crippen LogP contribution in [0.4, 0.5) is 0 Å². The number of hydrogen-bond donors (Lipinski definition) is 0. The van der Waals surface area contributed by atoms with Gasteiger partial charge < -0.3 is 9.47 Å². The number of rotatable bonds is 9. The highest BCUT2D eigenvalue weighted by molar-refractivity contribution is 8.00. The Morgan fingerprint density at radius 1 is 1.07 bits per heavy atom. The predicted octanol–water partition coefficient (Wildman–Crippen LogP) is 4.59. The number of aromatic nitrogens is 3. The molecular formula is C22H25N3O3S. The maximum Gasteiger partial charge on any atom is 0.319 e. The molecule has 0 radical (unpaired) electrons. The zero-order chi connectivity index (χ0) is 20.6. The maximum atomic E-state index is 12.3. The molecule has 2 aromatic carbocycles. The lowest BCUT2D eigenvalue weighted by Crippen LogP contribution is -2.20. The lowest BCUT2D eigenvalue weighted by molar-refractivity contribution is -0.142. The standard InChI is InChI=1S/C22H25N3O3S/c1-4-19(21(26)27-5-2)29-22-24-23-20(15-28-18-9-7-6-8-10-18)25(22)17-13-11-16(3)12-14-17/h6-14,19H,4-5,15H2,1-3H3/t19-/m0/s1. The fraction of sp³-hybridized carbons (Fsp3) is 0.318. The van der Waals surface area contributed by atoms with Crippen LogP contribution in [0.1, 0.15) is 31.7 Å². The number of hydrogen-bond acceptors (Lipinski definition) is 6. The normalized spacial score (nSPS) is 11.8. The van der Waals surface area contributed by atoms with Crippen molar-refractivity contribution in [3.05, 3.63) is 66.0 Å². The molecule has 7 heteroatoms. The van der Waals surface area contributed by atoms with Gasteiger partial charge in [0.15, 0.2) is 11.0 Å². The zero-order valence-electron chi connectivity index (χ0n) is 16.9. The first kappa shape index (κ1) is 20.9. The number of nitrogens with zero attached hydrogens (tertiary/aromatic N) is 3. The molecule has 6 nitrogen and oxygen atoms in total. The monoisotopic (exact) mass is 411 g/mol. The molecule has 0 unspecified atom stereocenters. The van der Waals surface area contributed by atoms with Gasteiger partial charge in [0, 0.05) is 5.69 Å². The number of thioether (sulfide) groups is 1. The third-order valence-electron chi connectivity index (χ3n) is 4.27. The summed E-state index contributed by atoms with van der Waals surface area (Å²) in [7, 11) is 0. The minimum atomic E-state index is -0.341. The summed E-state index contributed by atoms with van der Waals surface area (Å²) in [6.45, 7) is 6.43. The van der Waals surface area contributed by atoms with Gasteiger partial charge >= 0.3 is 5.97 Å². The summed E-state index contributed by atoms with van der Waals surface area (Å²) in [6, 6.07) is 17.7. The summed E-state index contributed by atoms with van der Waals surface area (Å²) in [4.78, 5) is 12.3. The van der Waals surface area contributed by atoms with Gasteiger partial charge in [-0.05, 0) is 44.5 Å². The fourth-order valence-electron chi connectivity index (χ4n) is 2.75. The number of para-hydroxylation sites is 1. The third-order valence-corrected chi connectivity index (χ3v) is 5.56. The molecule has 0 aliphatic carbocycles. The van der Waals surface area contributed by atoms with Crippen LogP contribution in [0, 0.1) is 6.92 Å². The van der Waals surface area contributed by atoms with E-state index in [-0.39, 0.29) is 17.8 Å². The Labute approximate surface area is 175 Å². The van der Waals surface area contributed by atoms with Crippen molar-refractivity contribution < 1.29 is 14.3 Å². The predicted molar refractivity (Wildman–Crippen MR) is 113 cm³/mol. The van der Waals surface area contributed by atoms with Crippen molar-refractivity contribution >= 4 is 17.7 Å². The van der Waals surface area contributed by atoms with Crippen LogP contribution in [0.2, 0.25) is 0 Å². The van der Waals surface area contributed by atoms with Crippen LogP contribution >= 0.6 is 11.8 Å². The average Bonchev–Trinajstić information content (AvgIpc) is 3.14. The molecule has 0 spiro atoms. The smallest absolute Gasteiger partial charge is 0.319 e. The number of carbonyl (C=O) groups is 1. The second-order valence-electron chi connectivity index (χ2n) is 6.44. The number of benzene rings is 2. The van der Waals surface area contributed by atoms with Crippen LogP contribution < -0.4 is 4.74 Å². The molecule has 0 bridgehead atoms. The molecule has 0 N–H and O–H groups in total. The van der Waals surface area contributed by atoms with Gasteiger partial charge in [0.2, 0.25) is 0 Å². The van der Waals surface area contributed by atoms with Gasteiger partial charge in [-0.15, -0.1) is 10.2 Å². The highest BCUT2D eigenvalue weighted by Crippen LogP contribution is 2.28. The molecule has 3 aromatic rings. The summed E-state index contributed by atoms with van der Waals surface area (Å²) in [5, 5.41) is 8.98. The first-order chi connectivity index (χ1) is 14.1. The molecule has 0 fully saturated rings. The van der Waals surface area contributed by atoms with Crippen molar-refractivity contribution in [1.29, 1.82) is 0 Å². The molecule has 0 saturated heterocycles. The Hall–Kier alpha value is -2.80. The molecule has 0 aliphatic rings. The van der Waals surface area contributed by atoms with E-state index < -0.39 is 0 Å². The summed E-state index contributed by atoms with van der Waals surface area (Å²) in [5.74, 6) is 1.19. The van der Waals surface area contributed by atoms with Gasteiger partial charge in [0.1, 0.15) is 17.6 Å². The molecule has 1 aromatic heterocycles. The Balaban J connectivity index is 1.90. The quantitative estimate of drug-likeness (QED) is 0.379. The van der Waals surface area contributed by atoms with Crippen LogP contribution in [0.3, 0.4) is 0 Å². The minimum absolute atomic E-state index is 0.236. The Bertz CT molecular complexity index is 926. The van der Waals surface area contributed by atoms with Gasteiger partial charge in [-0.1, -0.05) is 54.6 Å². The van der Waals surface area contributed by atoms with Crippen molar-refractivity contribution in [3.63, 3.8) is 0 Å². The SMILES string of the molecule is CCOC(=O)[C@H](CC)Sc1nnc(COc2ccccc2)n1-c1ccc(C)cc1. The number of esters is 1. The van der Waals surface area contributed by atoms with E-state index in [1.54, 1.807) is 0 Å². The summed E-state index contributed by atoms with van der Waals surface area (Å²) in [5.41, 5.74) is 2.09. The molecule has 0 saturated carbocycles. The van der Waals surface area contributed by atoms with Crippen molar-refractivity contribution in [2.45, 2.75) is 44.2 Å². The van der Waals surface area contributed by atoms with Gasteiger partial charge in [-0.2, -0.15) is 0 Å². The van der Waals surface area contributed by atoms with Crippen LogP contribution in [0.25, 0.3) is 5.69 Å². The van der Waals surface area contributed by atoms with E-state index in [1.807, 2.05) is 79.9 Å². The van der Waals surface area contributed by atoms with Crippen LogP contribution in [0.5, 0.6) is 5.75 Å². The second kappa shape index (κ2) is 10.1. The van der Waals surface area contributed by atoms with E-state index in [0.717, 1.165) is 17.0 Å². The van der Waals surface area contributed by atoms with Crippen LogP contribution in [0.15, 0.2) is 59.8 Å². The Morgan fingerprint density at radius 3 is 2.45 bits per heavy atom. The molecule has 3 rings (SSSR count). The molecule has 1 heterocycles. The maximum absolute atomic E-state index is 12.3. The highest BCUT2D eigenvalue weighted by atomic mass is 32.2. The zero-order valence-corrected chi connectivity index (χ0v) is 17.7. The van der Waals surface area contributed by atoms with E-state index in [4.69, 9.17) is 9.47 Å². The Kier molecular flexibility index (Phi) is 7.30. The van der Waals surface area contributed by atoms with Crippen molar-refractivity contribution in [3.8, 4) is 11.4 Å². The van der Waals surface area contributed by atoms with E-state index in [2.05, 4.69) is 10.2 Å². The first-order valence-electron chi connectivity index (χ1n) is 9.64. The van der Waals surface area contributed by atoms with E-state index in [9.17, 15) is 4.79 Å².